The van der Waals surface area contributed by atoms with Gasteiger partial charge in [-0.1, -0.05) is 30.4 Å². The van der Waals surface area contributed by atoms with Crippen molar-refractivity contribution in [3.8, 4) is 5.69 Å². The molecule has 0 aliphatic carbocycles. The van der Waals surface area contributed by atoms with Crippen LogP contribution in [0.3, 0.4) is 0 Å². The van der Waals surface area contributed by atoms with Gasteiger partial charge in [-0.2, -0.15) is 0 Å². The number of carbonyl (C=O) groups excluding carboxylic acids is 2. The molecule has 132 valence electrons. The van der Waals surface area contributed by atoms with Crippen LogP contribution in [0.15, 0.2) is 47.3 Å². The molecule has 0 spiro atoms. The van der Waals surface area contributed by atoms with Crippen molar-refractivity contribution in [2.24, 2.45) is 18.9 Å². The monoisotopic (exact) mass is 351 g/mol. The molecule has 7 heteroatoms. The fourth-order valence-electron chi connectivity index (χ4n) is 4.34. The van der Waals surface area contributed by atoms with E-state index in [4.69, 9.17) is 4.74 Å². The largest absolute Gasteiger partial charge is 0.365 e. The lowest BCUT2D eigenvalue weighted by Crippen LogP contribution is -2.38. The number of hydrogen-bond donors (Lipinski definition) is 0. The van der Waals surface area contributed by atoms with Crippen LogP contribution in [0.25, 0.3) is 5.69 Å². The fourth-order valence-corrected chi connectivity index (χ4v) is 4.34. The van der Waals surface area contributed by atoms with Crippen molar-refractivity contribution in [3.63, 3.8) is 0 Å². The Morgan fingerprint density at radius 3 is 2.08 bits per heavy atom. The zero-order valence-electron chi connectivity index (χ0n) is 14.3. The van der Waals surface area contributed by atoms with Gasteiger partial charge in [0, 0.05) is 7.05 Å². The fraction of sp³-hybridized carbons (Fsp3) is 0.316. The smallest absolute Gasteiger partial charge is 0.296 e. The number of ether oxygens (including phenoxy) is 1. The van der Waals surface area contributed by atoms with Gasteiger partial charge in [-0.05, 0) is 19.1 Å². The summed E-state index contributed by atoms with van der Waals surface area (Å²) in [7, 11) is 1.74. The maximum atomic E-state index is 13.1. The van der Waals surface area contributed by atoms with E-state index in [1.807, 2.05) is 42.5 Å². The second-order valence-electron chi connectivity index (χ2n) is 6.92. The molecule has 2 aromatic rings. The second kappa shape index (κ2) is 5.04. The van der Waals surface area contributed by atoms with Crippen LogP contribution in [0, 0.1) is 18.8 Å². The predicted molar refractivity (Wildman–Crippen MR) is 93.0 cm³/mol. The SMILES string of the molecule is Cc1c(N2C(=O)[C@@H]3[C@@H](C2=O)[C@H]2C=C[C@@H]3O2)c(=O)n(-c2ccccc2)n1C. The van der Waals surface area contributed by atoms with E-state index in [0.29, 0.717) is 11.4 Å². The maximum absolute atomic E-state index is 13.1. The van der Waals surface area contributed by atoms with E-state index in [1.54, 1.807) is 18.7 Å². The molecule has 0 radical (unpaired) electrons. The molecule has 3 aliphatic heterocycles. The number of carbonyl (C=O) groups is 2. The summed E-state index contributed by atoms with van der Waals surface area (Å²) in [5.74, 6) is -1.74. The zero-order valence-corrected chi connectivity index (χ0v) is 14.3. The van der Waals surface area contributed by atoms with Crippen LogP contribution in [0.4, 0.5) is 5.69 Å². The maximum Gasteiger partial charge on any atom is 0.296 e. The normalized spacial score (nSPS) is 29.1. The van der Waals surface area contributed by atoms with Gasteiger partial charge in [0.15, 0.2) is 0 Å². The van der Waals surface area contributed by atoms with E-state index in [0.717, 1.165) is 4.90 Å². The number of anilines is 1. The van der Waals surface area contributed by atoms with E-state index in [9.17, 15) is 14.4 Å². The van der Waals surface area contributed by atoms with E-state index < -0.39 is 11.8 Å². The lowest BCUT2D eigenvalue weighted by molar-refractivity contribution is -0.124. The number of hydrogen-bond acceptors (Lipinski definition) is 4. The van der Waals surface area contributed by atoms with E-state index >= 15 is 0 Å². The molecule has 1 aromatic carbocycles. The highest BCUT2D eigenvalue weighted by Crippen LogP contribution is 2.46. The van der Waals surface area contributed by atoms with Gasteiger partial charge >= 0.3 is 0 Å². The first kappa shape index (κ1) is 15.3. The highest BCUT2D eigenvalue weighted by molar-refractivity contribution is 6.23. The molecule has 2 bridgehead atoms. The highest BCUT2D eigenvalue weighted by Gasteiger charge is 2.61. The molecule has 2 saturated heterocycles. The average Bonchev–Trinajstić information content (AvgIpc) is 3.36. The summed E-state index contributed by atoms with van der Waals surface area (Å²) in [5.41, 5.74) is 1.01. The molecule has 26 heavy (non-hydrogen) atoms. The van der Waals surface area contributed by atoms with Gasteiger partial charge in [0.05, 0.1) is 35.4 Å². The molecule has 7 nitrogen and oxygen atoms in total. The molecule has 3 aliphatic rings. The summed E-state index contributed by atoms with van der Waals surface area (Å²) in [6.45, 7) is 1.74. The molecule has 0 N–H and O–H groups in total. The van der Waals surface area contributed by atoms with Crippen LogP contribution < -0.4 is 10.5 Å². The first-order chi connectivity index (χ1) is 12.5. The summed E-state index contributed by atoms with van der Waals surface area (Å²) in [6, 6.07) is 9.15. The van der Waals surface area contributed by atoms with Gasteiger partial charge in [-0.15, -0.1) is 0 Å². The van der Waals surface area contributed by atoms with Gasteiger partial charge in [0.2, 0.25) is 11.8 Å². The van der Waals surface area contributed by atoms with Crippen LogP contribution in [0.2, 0.25) is 0 Å². The molecule has 2 amide bonds. The minimum Gasteiger partial charge on any atom is -0.365 e. The molecule has 5 rings (SSSR count). The molecular weight excluding hydrogens is 334 g/mol. The van der Waals surface area contributed by atoms with Crippen LogP contribution in [0.1, 0.15) is 5.69 Å². The van der Waals surface area contributed by atoms with Crippen LogP contribution >= 0.6 is 0 Å². The molecule has 2 fully saturated rings. The molecule has 0 unspecified atom stereocenters. The number of para-hydroxylation sites is 1. The second-order valence-corrected chi connectivity index (χ2v) is 6.92. The summed E-state index contributed by atoms with van der Waals surface area (Å²) in [6.07, 6.45) is 2.93. The number of nitrogens with zero attached hydrogens (tertiary/aromatic N) is 3. The van der Waals surface area contributed by atoms with Crippen molar-refractivity contribution in [1.29, 1.82) is 0 Å². The summed E-state index contributed by atoms with van der Waals surface area (Å²) < 4.78 is 8.80. The summed E-state index contributed by atoms with van der Waals surface area (Å²) in [4.78, 5) is 40.2. The number of aromatic nitrogens is 2. The topological polar surface area (TPSA) is 73.5 Å². The van der Waals surface area contributed by atoms with E-state index in [-0.39, 0.29) is 35.3 Å². The summed E-state index contributed by atoms with van der Waals surface area (Å²) >= 11 is 0. The third-order valence-corrected chi connectivity index (χ3v) is 5.66. The molecule has 4 atom stereocenters. The Balaban J connectivity index is 1.66. The minimum absolute atomic E-state index is 0.139. The average molecular weight is 351 g/mol. The van der Waals surface area contributed by atoms with Crippen LogP contribution in [-0.2, 0) is 21.4 Å². The van der Waals surface area contributed by atoms with Crippen molar-refractivity contribution < 1.29 is 14.3 Å². The Morgan fingerprint density at radius 1 is 0.923 bits per heavy atom. The van der Waals surface area contributed by atoms with Gasteiger partial charge in [0.1, 0.15) is 5.69 Å². The van der Waals surface area contributed by atoms with Gasteiger partial charge in [-0.3, -0.25) is 19.1 Å². The molecule has 1 aromatic heterocycles. The van der Waals surface area contributed by atoms with Gasteiger partial charge < -0.3 is 4.74 Å². The molecular formula is C19H17N3O4. The van der Waals surface area contributed by atoms with E-state index in [2.05, 4.69) is 0 Å². The Hall–Kier alpha value is -2.93. The Bertz CT molecular complexity index is 1000. The number of benzene rings is 1. The Kier molecular flexibility index (Phi) is 2.98. The van der Waals surface area contributed by atoms with Gasteiger partial charge in [-0.25, -0.2) is 9.58 Å². The first-order valence-electron chi connectivity index (χ1n) is 8.56. The predicted octanol–water partition coefficient (Wildman–Crippen LogP) is 0.927. The lowest BCUT2D eigenvalue weighted by Gasteiger charge is -2.16. The van der Waals surface area contributed by atoms with Crippen LogP contribution in [-0.4, -0.2) is 33.4 Å². The van der Waals surface area contributed by atoms with Crippen molar-refractivity contribution in [2.75, 3.05) is 4.90 Å². The van der Waals surface area contributed by atoms with Crippen molar-refractivity contribution in [3.05, 3.63) is 58.5 Å². The number of fused-ring (bicyclic) bond motifs is 5. The van der Waals surface area contributed by atoms with Crippen molar-refractivity contribution in [2.45, 2.75) is 19.1 Å². The Morgan fingerprint density at radius 2 is 1.50 bits per heavy atom. The number of imide groups is 1. The standard InChI is InChI=1S/C19H17N3O4/c1-10-16(19(25)22(20(10)2)11-6-4-3-5-7-11)21-17(23)14-12-8-9-13(26-12)15(14)18(21)24/h3-9,12-15H,1-2H3/t12-,13+,14-,15-/m0/s1. The van der Waals surface area contributed by atoms with Crippen LogP contribution in [0.5, 0.6) is 0 Å². The van der Waals surface area contributed by atoms with Gasteiger partial charge in [0.25, 0.3) is 5.56 Å². The van der Waals surface area contributed by atoms with E-state index in [1.165, 1.54) is 4.68 Å². The quantitative estimate of drug-likeness (QED) is 0.596. The molecule has 0 saturated carbocycles. The van der Waals surface area contributed by atoms with Crippen molar-refractivity contribution >= 4 is 17.5 Å². The third kappa shape index (κ3) is 1.73. The highest BCUT2D eigenvalue weighted by atomic mass is 16.5. The molecule has 4 heterocycles. The number of rotatable bonds is 2. The Labute approximate surface area is 149 Å². The lowest BCUT2D eigenvalue weighted by atomic mass is 9.85. The minimum atomic E-state index is -0.526. The first-order valence-corrected chi connectivity index (χ1v) is 8.56. The van der Waals surface area contributed by atoms with Crippen molar-refractivity contribution in [1.82, 2.24) is 9.36 Å². The third-order valence-electron chi connectivity index (χ3n) is 5.66. The number of amides is 2. The zero-order chi connectivity index (χ0) is 18.2. The summed E-state index contributed by atoms with van der Waals surface area (Å²) in [5, 5.41) is 0.